The van der Waals surface area contributed by atoms with Crippen molar-refractivity contribution in [2.75, 3.05) is 5.73 Å². The van der Waals surface area contributed by atoms with Crippen molar-refractivity contribution in [2.24, 2.45) is 5.73 Å². The predicted octanol–water partition coefficient (Wildman–Crippen LogP) is 0.544. The highest BCUT2D eigenvalue weighted by atomic mass is 35.5. The zero-order valence-electron chi connectivity index (χ0n) is 7.25. The van der Waals surface area contributed by atoms with E-state index in [1.165, 1.54) is 6.20 Å². The van der Waals surface area contributed by atoms with Crippen molar-refractivity contribution in [1.29, 1.82) is 0 Å². The molecular formula is C9H8ClN3O. The van der Waals surface area contributed by atoms with E-state index in [0.29, 0.717) is 11.3 Å². The number of anilines is 1. The van der Waals surface area contributed by atoms with Crippen molar-refractivity contribution in [3.63, 3.8) is 0 Å². The first-order valence-corrected chi connectivity index (χ1v) is 4.16. The number of nitrogen functional groups attached to an aromatic ring is 1. The van der Waals surface area contributed by atoms with E-state index in [0.717, 1.165) is 0 Å². The van der Waals surface area contributed by atoms with E-state index in [9.17, 15) is 4.79 Å². The first kappa shape index (κ1) is 10.4. The molecule has 0 aromatic carbocycles. The molecule has 1 aromatic rings. The molecule has 0 unspecified atom stereocenters. The van der Waals surface area contributed by atoms with Crippen LogP contribution in [0.1, 0.15) is 12.0 Å². The van der Waals surface area contributed by atoms with Crippen molar-refractivity contribution in [3.05, 3.63) is 23.0 Å². The Morgan fingerprint density at radius 3 is 2.93 bits per heavy atom. The molecule has 0 aliphatic heterocycles. The van der Waals surface area contributed by atoms with E-state index in [-0.39, 0.29) is 11.6 Å². The van der Waals surface area contributed by atoms with Gasteiger partial charge in [-0.3, -0.25) is 4.79 Å². The second kappa shape index (κ2) is 4.49. The molecule has 5 heteroatoms. The van der Waals surface area contributed by atoms with Gasteiger partial charge in [-0.15, -0.1) is 0 Å². The third kappa shape index (κ3) is 2.64. The number of carbonyl (C=O) groups excluding carboxylic acids is 1. The fourth-order valence-electron chi connectivity index (χ4n) is 0.793. The molecule has 4 nitrogen and oxygen atoms in total. The molecule has 1 rings (SSSR count). The van der Waals surface area contributed by atoms with Gasteiger partial charge in [-0.25, -0.2) is 4.98 Å². The van der Waals surface area contributed by atoms with E-state index in [4.69, 9.17) is 23.1 Å². The van der Waals surface area contributed by atoms with Gasteiger partial charge in [0.05, 0.1) is 17.7 Å². The molecule has 0 bridgehead atoms. The fraction of sp³-hybridized carbons (Fsp3) is 0.111. The first-order chi connectivity index (χ1) is 6.61. The summed E-state index contributed by atoms with van der Waals surface area (Å²) >= 11 is 5.74. The third-order valence-electron chi connectivity index (χ3n) is 1.41. The fourth-order valence-corrected chi connectivity index (χ4v) is 1.01. The van der Waals surface area contributed by atoms with Gasteiger partial charge in [0.15, 0.2) is 0 Å². The highest BCUT2D eigenvalue weighted by Gasteiger charge is 2.01. The average Bonchev–Trinajstić information content (AvgIpc) is 2.09. The molecule has 0 fully saturated rings. The Morgan fingerprint density at radius 1 is 1.64 bits per heavy atom. The average molecular weight is 210 g/mol. The summed E-state index contributed by atoms with van der Waals surface area (Å²) in [7, 11) is 0. The minimum absolute atomic E-state index is 0.0232. The molecule has 0 radical (unpaired) electrons. The van der Waals surface area contributed by atoms with Crippen LogP contribution in [-0.2, 0) is 4.79 Å². The van der Waals surface area contributed by atoms with Gasteiger partial charge < -0.3 is 11.5 Å². The largest absolute Gasteiger partial charge is 0.398 e. The molecule has 72 valence electrons. The Balaban J connectivity index is 2.94. The standard InChI is InChI=1S/C9H8ClN3O/c10-9-6(2-1-3-8(12)14)7(11)4-5-13-9/h4-5H,3H2,(H2,11,13)(H2,12,14). The molecule has 0 saturated carbocycles. The number of amides is 1. The van der Waals surface area contributed by atoms with Crippen LogP contribution >= 0.6 is 11.6 Å². The number of nitrogens with zero attached hydrogens (tertiary/aromatic N) is 1. The summed E-state index contributed by atoms with van der Waals surface area (Å²) in [5.41, 5.74) is 11.4. The molecule has 14 heavy (non-hydrogen) atoms. The summed E-state index contributed by atoms with van der Waals surface area (Å²) in [4.78, 5) is 14.2. The number of aromatic nitrogens is 1. The van der Waals surface area contributed by atoms with E-state index in [2.05, 4.69) is 16.8 Å². The Morgan fingerprint density at radius 2 is 2.36 bits per heavy atom. The minimum Gasteiger partial charge on any atom is -0.398 e. The van der Waals surface area contributed by atoms with Crippen LogP contribution in [0.5, 0.6) is 0 Å². The van der Waals surface area contributed by atoms with Gasteiger partial charge in [-0.1, -0.05) is 23.4 Å². The maximum absolute atomic E-state index is 10.4. The van der Waals surface area contributed by atoms with Crippen molar-refractivity contribution in [2.45, 2.75) is 6.42 Å². The summed E-state index contributed by atoms with van der Waals surface area (Å²) in [5.74, 6) is 4.71. The minimum atomic E-state index is -0.490. The lowest BCUT2D eigenvalue weighted by atomic mass is 10.2. The lowest BCUT2D eigenvalue weighted by molar-refractivity contribution is -0.117. The number of halogens is 1. The predicted molar refractivity (Wildman–Crippen MR) is 54.3 cm³/mol. The van der Waals surface area contributed by atoms with Gasteiger partial charge in [0.1, 0.15) is 5.15 Å². The van der Waals surface area contributed by atoms with Crippen LogP contribution in [0.3, 0.4) is 0 Å². The van der Waals surface area contributed by atoms with Crippen molar-refractivity contribution in [1.82, 2.24) is 4.98 Å². The number of hydrogen-bond acceptors (Lipinski definition) is 3. The van der Waals surface area contributed by atoms with Gasteiger partial charge in [-0.2, -0.15) is 0 Å². The van der Waals surface area contributed by atoms with Crippen LogP contribution in [-0.4, -0.2) is 10.9 Å². The van der Waals surface area contributed by atoms with Crippen molar-refractivity contribution in [3.8, 4) is 11.8 Å². The van der Waals surface area contributed by atoms with Crippen molar-refractivity contribution >= 4 is 23.2 Å². The van der Waals surface area contributed by atoms with Crippen LogP contribution in [0.25, 0.3) is 0 Å². The van der Waals surface area contributed by atoms with Crippen LogP contribution in [0.4, 0.5) is 5.69 Å². The van der Waals surface area contributed by atoms with Crippen LogP contribution < -0.4 is 11.5 Å². The van der Waals surface area contributed by atoms with Crippen molar-refractivity contribution < 1.29 is 4.79 Å². The summed E-state index contributed by atoms with van der Waals surface area (Å²) in [5, 5.41) is 0.224. The number of carbonyl (C=O) groups is 1. The third-order valence-corrected chi connectivity index (χ3v) is 1.70. The topological polar surface area (TPSA) is 82.0 Å². The molecule has 1 aromatic heterocycles. The zero-order valence-corrected chi connectivity index (χ0v) is 8.01. The maximum atomic E-state index is 10.4. The molecule has 0 spiro atoms. The van der Waals surface area contributed by atoms with E-state index in [1.54, 1.807) is 6.07 Å². The van der Waals surface area contributed by atoms with E-state index >= 15 is 0 Å². The van der Waals surface area contributed by atoms with E-state index < -0.39 is 5.91 Å². The molecular weight excluding hydrogens is 202 g/mol. The second-order valence-corrected chi connectivity index (χ2v) is 2.87. The number of pyridine rings is 1. The van der Waals surface area contributed by atoms with Gasteiger partial charge in [-0.05, 0) is 6.07 Å². The summed E-state index contributed by atoms with van der Waals surface area (Å²) < 4.78 is 0. The highest BCUT2D eigenvalue weighted by Crippen LogP contribution is 2.17. The number of hydrogen-bond donors (Lipinski definition) is 2. The normalized spacial score (nSPS) is 8.93. The first-order valence-electron chi connectivity index (χ1n) is 3.78. The molecule has 1 amide bonds. The van der Waals surface area contributed by atoms with Gasteiger partial charge >= 0.3 is 0 Å². The Hall–Kier alpha value is -1.73. The number of primary amides is 1. The molecule has 0 saturated heterocycles. The lowest BCUT2D eigenvalue weighted by Gasteiger charge is -1.97. The molecule has 0 aliphatic carbocycles. The lowest BCUT2D eigenvalue weighted by Crippen LogP contribution is -2.08. The van der Waals surface area contributed by atoms with Gasteiger partial charge in [0, 0.05) is 6.20 Å². The Labute approximate surface area is 86.3 Å². The Kier molecular flexibility index (Phi) is 3.32. The highest BCUT2D eigenvalue weighted by molar-refractivity contribution is 6.30. The molecule has 0 aliphatic rings. The summed E-state index contributed by atoms with van der Waals surface area (Å²) in [6, 6.07) is 1.58. The van der Waals surface area contributed by atoms with Gasteiger partial charge in [0.2, 0.25) is 5.91 Å². The van der Waals surface area contributed by atoms with Crippen LogP contribution in [0.15, 0.2) is 12.3 Å². The molecule has 1 heterocycles. The van der Waals surface area contributed by atoms with Crippen LogP contribution in [0.2, 0.25) is 5.15 Å². The summed E-state index contributed by atoms with van der Waals surface area (Å²) in [6.07, 6.45) is 1.46. The SMILES string of the molecule is NC(=O)CC#Cc1c(N)ccnc1Cl. The van der Waals surface area contributed by atoms with Gasteiger partial charge in [0.25, 0.3) is 0 Å². The van der Waals surface area contributed by atoms with E-state index in [1.807, 2.05) is 0 Å². The molecule has 4 N–H and O–H groups in total. The second-order valence-electron chi connectivity index (χ2n) is 2.51. The molecule has 0 atom stereocenters. The van der Waals surface area contributed by atoms with Crippen LogP contribution in [0, 0.1) is 11.8 Å². The maximum Gasteiger partial charge on any atom is 0.229 e. The monoisotopic (exact) mass is 209 g/mol. The quantitative estimate of drug-likeness (QED) is 0.523. The number of rotatable bonds is 1. The Bertz CT molecular complexity index is 400. The number of nitrogens with two attached hydrogens (primary N) is 2. The smallest absolute Gasteiger partial charge is 0.229 e. The summed E-state index contributed by atoms with van der Waals surface area (Å²) in [6.45, 7) is 0. The zero-order chi connectivity index (χ0) is 10.6.